The molecule has 1 amide bonds. The number of rotatable bonds is 6. The Morgan fingerprint density at radius 2 is 1.89 bits per heavy atom. The highest BCUT2D eigenvalue weighted by atomic mass is 19.1. The molecule has 0 aliphatic rings. The molecular weight excluding hydrogens is 243 g/mol. The fourth-order valence-electron chi connectivity index (χ4n) is 1.50. The van der Waals surface area contributed by atoms with Gasteiger partial charge in [-0.05, 0) is 44.9 Å². The normalized spacial score (nSPS) is 13.1. The zero-order valence-corrected chi connectivity index (χ0v) is 12.1. The molecule has 19 heavy (non-hydrogen) atoms. The van der Waals surface area contributed by atoms with Crippen LogP contribution in [0.1, 0.15) is 39.7 Å². The van der Waals surface area contributed by atoms with Gasteiger partial charge in [0.05, 0.1) is 6.04 Å². The number of benzene rings is 1. The fraction of sp³-hybridized carbons (Fsp3) is 0.533. The van der Waals surface area contributed by atoms with Crippen molar-refractivity contribution in [2.45, 2.75) is 52.2 Å². The lowest BCUT2D eigenvalue weighted by Gasteiger charge is -2.26. The fourth-order valence-corrected chi connectivity index (χ4v) is 1.50. The second-order valence-corrected chi connectivity index (χ2v) is 5.46. The van der Waals surface area contributed by atoms with E-state index in [2.05, 4.69) is 10.6 Å². The highest BCUT2D eigenvalue weighted by molar-refractivity contribution is 5.81. The molecule has 106 valence electrons. The summed E-state index contributed by atoms with van der Waals surface area (Å²) in [5.74, 6) is -0.270. The van der Waals surface area contributed by atoms with E-state index < -0.39 is 0 Å². The van der Waals surface area contributed by atoms with Crippen molar-refractivity contribution in [3.63, 3.8) is 0 Å². The predicted octanol–water partition coefficient (Wildman–Crippen LogP) is 2.61. The Morgan fingerprint density at radius 3 is 2.42 bits per heavy atom. The van der Waals surface area contributed by atoms with Crippen LogP contribution in [0.4, 0.5) is 4.39 Å². The van der Waals surface area contributed by atoms with E-state index in [0.29, 0.717) is 6.54 Å². The summed E-state index contributed by atoms with van der Waals surface area (Å²) in [6.45, 7) is 8.40. The van der Waals surface area contributed by atoms with Gasteiger partial charge in [-0.2, -0.15) is 0 Å². The molecule has 1 atom stereocenters. The van der Waals surface area contributed by atoms with Crippen LogP contribution in [-0.2, 0) is 11.3 Å². The van der Waals surface area contributed by atoms with Crippen LogP contribution in [0, 0.1) is 5.82 Å². The molecule has 0 saturated heterocycles. The maximum Gasteiger partial charge on any atom is 0.237 e. The smallest absolute Gasteiger partial charge is 0.237 e. The van der Waals surface area contributed by atoms with E-state index in [4.69, 9.17) is 0 Å². The molecule has 0 aromatic heterocycles. The van der Waals surface area contributed by atoms with Crippen LogP contribution in [0.3, 0.4) is 0 Å². The summed E-state index contributed by atoms with van der Waals surface area (Å²) in [5, 5.41) is 6.12. The molecule has 0 fully saturated rings. The van der Waals surface area contributed by atoms with E-state index in [9.17, 15) is 9.18 Å². The maximum atomic E-state index is 12.8. The molecule has 0 bridgehead atoms. The van der Waals surface area contributed by atoms with Gasteiger partial charge in [-0.25, -0.2) is 4.39 Å². The van der Waals surface area contributed by atoms with Crippen LogP contribution in [0.5, 0.6) is 0 Å². The Kier molecular flexibility index (Phi) is 5.48. The number of hydrogen-bond donors (Lipinski definition) is 2. The molecule has 2 N–H and O–H groups in total. The van der Waals surface area contributed by atoms with Crippen molar-refractivity contribution in [1.82, 2.24) is 10.6 Å². The lowest BCUT2D eigenvalue weighted by molar-refractivity contribution is -0.124. The topological polar surface area (TPSA) is 41.1 Å². The van der Waals surface area contributed by atoms with Crippen molar-refractivity contribution in [3.8, 4) is 0 Å². The van der Waals surface area contributed by atoms with Gasteiger partial charge in [-0.1, -0.05) is 19.1 Å². The average molecular weight is 266 g/mol. The first-order valence-electron chi connectivity index (χ1n) is 6.64. The van der Waals surface area contributed by atoms with Gasteiger partial charge in [0.2, 0.25) is 5.91 Å². The number of halogens is 1. The van der Waals surface area contributed by atoms with Gasteiger partial charge in [-0.3, -0.25) is 4.79 Å². The van der Waals surface area contributed by atoms with Crippen LogP contribution >= 0.6 is 0 Å². The van der Waals surface area contributed by atoms with Crippen molar-refractivity contribution < 1.29 is 9.18 Å². The first kappa shape index (κ1) is 15.6. The molecule has 1 aromatic carbocycles. The van der Waals surface area contributed by atoms with E-state index in [1.165, 1.54) is 12.1 Å². The molecule has 4 heteroatoms. The quantitative estimate of drug-likeness (QED) is 0.831. The number of carbonyl (C=O) groups is 1. The molecule has 0 heterocycles. The third-order valence-electron chi connectivity index (χ3n) is 3.26. The standard InChI is InChI=1S/C15H23FN2O/c1-5-15(3,4)18-14(19)11(2)17-10-12-6-8-13(16)9-7-12/h6-9,11,17H,5,10H2,1-4H3,(H,18,19). The van der Waals surface area contributed by atoms with Crippen molar-refractivity contribution in [1.29, 1.82) is 0 Å². The molecule has 0 aliphatic carbocycles. The zero-order chi connectivity index (χ0) is 14.5. The Hall–Kier alpha value is -1.42. The van der Waals surface area contributed by atoms with Crippen LogP contribution in [0.15, 0.2) is 24.3 Å². The van der Waals surface area contributed by atoms with Gasteiger partial charge in [0.25, 0.3) is 0 Å². The summed E-state index contributed by atoms with van der Waals surface area (Å²) in [7, 11) is 0. The van der Waals surface area contributed by atoms with Crippen molar-refractivity contribution >= 4 is 5.91 Å². The van der Waals surface area contributed by atoms with Gasteiger partial charge in [0.1, 0.15) is 5.82 Å². The number of carbonyl (C=O) groups excluding carboxylic acids is 1. The molecular formula is C15H23FN2O. The van der Waals surface area contributed by atoms with E-state index in [-0.39, 0.29) is 23.3 Å². The van der Waals surface area contributed by atoms with Crippen molar-refractivity contribution in [3.05, 3.63) is 35.6 Å². The zero-order valence-electron chi connectivity index (χ0n) is 12.1. The monoisotopic (exact) mass is 266 g/mol. The highest BCUT2D eigenvalue weighted by Gasteiger charge is 2.21. The van der Waals surface area contributed by atoms with Crippen LogP contribution in [-0.4, -0.2) is 17.5 Å². The average Bonchev–Trinajstić information content (AvgIpc) is 2.37. The van der Waals surface area contributed by atoms with Crippen LogP contribution < -0.4 is 10.6 Å². The lowest BCUT2D eigenvalue weighted by atomic mass is 10.0. The molecule has 1 unspecified atom stereocenters. The summed E-state index contributed by atoms with van der Waals surface area (Å²) in [6.07, 6.45) is 0.878. The minimum Gasteiger partial charge on any atom is -0.350 e. The summed E-state index contributed by atoms with van der Waals surface area (Å²) >= 11 is 0. The van der Waals surface area contributed by atoms with Crippen molar-refractivity contribution in [2.75, 3.05) is 0 Å². The number of amides is 1. The van der Waals surface area contributed by atoms with E-state index in [1.54, 1.807) is 12.1 Å². The Balaban J connectivity index is 2.44. The highest BCUT2D eigenvalue weighted by Crippen LogP contribution is 2.07. The second-order valence-electron chi connectivity index (χ2n) is 5.46. The molecule has 0 saturated carbocycles. The van der Waals surface area contributed by atoms with E-state index in [1.807, 2.05) is 27.7 Å². The molecule has 0 spiro atoms. The summed E-state index contributed by atoms with van der Waals surface area (Å²) in [6, 6.07) is 5.98. The maximum absolute atomic E-state index is 12.8. The predicted molar refractivity (Wildman–Crippen MR) is 75.2 cm³/mol. The van der Waals surface area contributed by atoms with Crippen LogP contribution in [0.25, 0.3) is 0 Å². The van der Waals surface area contributed by atoms with E-state index in [0.717, 1.165) is 12.0 Å². The Morgan fingerprint density at radius 1 is 1.32 bits per heavy atom. The van der Waals surface area contributed by atoms with Crippen molar-refractivity contribution in [2.24, 2.45) is 0 Å². The number of nitrogens with one attached hydrogen (secondary N) is 2. The lowest BCUT2D eigenvalue weighted by Crippen LogP contribution is -2.50. The minimum absolute atomic E-state index is 0.0195. The molecule has 1 rings (SSSR count). The Bertz CT molecular complexity index is 415. The van der Waals surface area contributed by atoms with Gasteiger partial charge in [0, 0.05) is 12.1 Å². The summed E-state index contributed by atoms with van der Waals surface area (Å²) in [5.41, 5.74) is 0.763. The number of hydrogen-bond acceptors (Lipinski definition) is 2. The third-order valence-corrected chi connectivity index (χ3v) is 3.26. The van der Waals surface area contributed by atoms with Crippen LogP contribution in [0.2, 0.25) is 0 Å². The molecule has 0 aliphatic heterocycles. The molecule has 0 radical (unpaired) electrons. The largest absolute Gasteiger partial charge is 0.350 e. The summed E-state index contributed by atoms with van der Waals surface area (Å²) in [4.78, 5) is 12.0. The second kappa shape index (κ2) is 6.66. The third kappa shape index (κ3) is 5.39. The van der Waals surface area contributed by atoms with Gasteiger partial charge in [-0.15, -0.1) is 0 Å². The Labute approximate surface area is 114 Å². The SMILES string of the molecule is CCC(C)(C)NC(=O)C(C)NCc1ccc(F)cc1. The first-order chi connectivity index (χ1) is 8.84. The first-order valence-corrected chi connectivity index (χ1v) is 6.64. The molecule has 3 nitrogen and oxygen atoms in total. The van der Waals surface area contributed by atoms with Gasteiger partial charge >= 0.3 is 0 Å². The minimum atomic E-state index is -0.282. The van der Waals surface area contributed by atoms with E-state index >= 15 is 0 Å². The van der Waals surface area contributed by atoms with Gasteiger partial charge < -0.3 is 10.6 Å². The summed E-state index contributed by atoms with van der Waals surface area (Å²) < 4.78 is 12.8. The molecule has 1 aromatic rings. The van der Waals surface area contributed by atoms with Gasteiger partial charge in [0.15, 0.2) is 0 Å².